The van der Waals surface area contributed by atoms with Crippen LogP contribution in [-0.4, -0.2) is 0 Å². The van der Waals surface area contributed by atoms with Gasteiger partial charge in [0.2, 0.25) is 0 Å². The van der Waals surface area contributed by atoms with Gasteiger partial charge in [-0.3, -0.25) is 0 Å². The van der Waals surface area contributed by atoms with Gasteiger partial charge in [-0.2, -0.15) is 0 Å². The molecule has 0 aliphatic carbocycles. The van der Waals surface area contributed by atoms with E-state index in [0.717, 1.165) is 6.42 Å². The first-order valence-corrected chi connectivity index (χ1v) is 3.62. The molecule has 2 radical (unpaired) electrons. The van der Waals surface area contributed by atoms with E-state index in [1.807, 2.05) is 30.3 Å². The van der Waals surface area contributed by atoms with E-state index in [1.165, 1.54) is 6.42 Å². The van der Waals surface area contributed by atoms with Crippen molar-refractivity contribution in [3.63, 3.8) is 0 Å². The van der Waals surface area contributed by atoms with E-state index in [4.69, 9.17) is 0 Å². The molecular formula is C10H14. The third-order valence-electron chi connectivity index (χ3n) is 0.961. The summed E-state index contributed by atoms with van der Waals surface area (Å²) in [5.74, 6) is 0. The third kappa shape index (κ3) is 7.22. The summed E-state index contributed by atoms with van der Waals surface area (Å²) in [5, 5.41) is 0. The van der Waals surface area contributed by atoms with Crippen LogP contribution in [0.15, 0.2) is 30.3 Å². The molecule has 0 atom stereocenters. The average Bonchev–Trinajstić information content (AvgIpc) is 2.08. The summed E-state index contributed by atoms with van der Waals surface area (Å²) in [6.45, 7) is 5.72. The minimum absolute atomic E-state index is 1.07. The van der Waals surface area contributed by atoms with Gasteiger partial charge in [-0.05, 0) is 6.07 Å². The second kappa shape index (κ2) is 8.22. The van der Waals surface area contributed by atoms with E-state index in [1.54, 1.807) is 0 Å². The predicted octanol–water partition coefficient (Wildman–Crippen LogP) is 3.11. The van der Waals surface area contributed by atoms with Gasteiger partial charge in [-0.1, -0.05) is 57.0 Å². The second-order valence-electron chi connectivity index (χ2n) is 1.93. The Hall–Kier alpha value is -0.780. The van der Waals surface area contributed by atoms with Crippen LogP contribution in [0.1, 0.15) is 19.8 Å². The molecule has 0 fully saturated rings. The fraction of sp³-hybridized carbons (Fsp3) is 0.300. The Morgan fingerprint density at radius 3 is 1.80 bits per heavy atom. The fourth-order valence-electron chi connectivity index (χ4n) is 0.342. The molecule has 0 heteroatoms. The fourth-order valence-corrected chi connectivity index (χ4v) is 0.342. The summed E-state index contributed by atoms with van der Waals surface area (Å²) in [6.07, 6.45) is 2.28. The topological polar surface area (TPSA) is 0 Å². The zero-order valence-corrected chi connectivity index (χ0v) is 6.51. The van der Waals surface area contributed by atoms with Gasteiger partial charge in [-0.15, -0.1) is 0 Å². The normalized spacial score (nSPS) is 7.80. The number of benzene rings is 1. The van der Waals surface area contributed by atoms with Gasteiger partial charge in [-0.25, -0.2) is 0 Å². The summed E-state index contributed by atoms with van der Waals surface area (Å²) in [6, 6.07) is 12.5. The van der Waals surface area contributed by atoms with Gasteiger partial charge in [0.05, 0.1) is 0 Å². The van der Waals surface area contributed by atoms with Crippen LogP contribution >= 0.6 is 0 Å². The summed E-state index contributed by atoms with van der Waals surface area (Å²) in [5.41, 5.74) is 0. The van der Waals surface area contributed by atoms with E-state index in [9.17, 15) is 0 Å². The summed E-state index contributed by atoms with van der Waals surface area (Å²) < 4.78 is 0. The van der Waals surface area contributed by atoms with Crippen molar-refractivity contribution in [3.05, 3.63) is 43.3 Å². The molecule has 0 bridgehead atoms. The van der Waals surface area contributed by atoms with Crippen LogP contribution in [0.25, 0.3) is 0 Å². The molecule has 0 aromatic heterocycles. The molecule has 54 valence electrons. The largest absolute Gasteiger partial charge is 0.0654 e. The Morgan fingerprint density at radius 2 is 1.70 bits per heavy atom. The highest BCUT2D eigenvalue weighted by Gasteiger charge is 1.59. The Kier molecular flexibility index (Phi) is 7.58. The lowest BCUT2D eigenvalue weighted by atomic mass is 10.4. The van der Waals surface area contributed by atoms with Crippen molar-refractivity contribution >= 4 is 0 Å². The van der Waals surface area contributed by atoms with Gasteiger partial charge in [0.15, 0.2) is 0 Å². The average molecular weight is 134 g/mol. The smallest absolute Gasteiger partial charge is 0.0184 e. The predicted molar refractivity (Wildman–Crippen MR) is 45.5 cm³/mol. The zero-order valence-electron chi connectivity index (χ0n) is 6.51. The van der Waals surface area contributed by atoms with Gasteiger partial charge in [0, 0.05) is 0 Å². The summed E-state index contributed by atoms with van der Waals surface area (Å²) in [7, 11) is 0. The van der Waals surface area contributed by atoms with E-state index in [0.29, 0.717) is 0 Å². The van der Waals surface area contributed by atoms with Crippen molar-refractivity contribution in [1.29, 1.82) is 0 Å². The maximum absolute atomic E-state index is 3.60. The lowest BCUT2D eigenvalue weighted by molar-refractivity contribution is 0.956. The molecule has 0 heterocycles. The Labute approximate surface area is 63.9 Å². The number of hydrogen-bond donors (Lipinski definition) is 0. The molecule has 1 aromatic carbocycles. The highest BCUT2D eigenvalue weighted by atomic mass is 13.6. The van der Waals surface area contributed by atoms with E-state index >= 15 is 0 Å². The SMILES string of the molecule is [CH2]CCC.[c]1ccccc1. The lowest BCUT2D eigenvalue weighted by Crippen LogP contribution is -1.49. The molecule has 0 amide bonds. The number of rotatable bonds is 1. The van der Waals surface area contributed by atoms with Crippen LogP contribution in [0, 0.1) is 13.0 Å². The lowest BCUT2D eigenvalue weighted by Gasteiger charge is -1.68. The van der Waals surface area contributed by atoms with Crippen molar-refractivity contribution in [2.45, 2.75) is 19.8 Å². The van der Waals surface area contributed by atoms with E-state index < -0.39 is 0 Å². The molecule has 0 saturated carbocycles. The molecule has 1 rings (SSSR count). The minimum Gasteiger partial charge on any atom is -0.0654 e. The highest BCUT2D eigenvalue weighted by molar-refractivity contribution is 4.97. The zero-order chi connectivity index (χ0) is 7.66. The van der Waals surface area contributed by atoms with E-state index in [2.05, 4.69) is 19.9 Å². The number of hydrogen-bond acceptors (Lipinski definition) is 0. The molecule has 0 aliphatic heterocycles. The molecule has 0 N–H and O–H groups in total. The molecular weight excluding hydrogens is 120 g/mol. The molecule has 10 heavy (non-hydrogen) atoms. The van der Waals surface area contributed by atoms with Crippen LogP contribution in [-0.2, 0) is 0 Å². The first kappa shape index (κ1) is 9.22. The first-order chi connectivity index (χ1) is 4.91. The minimum atomic E-state index is 1.07. The first-order valence-electron chi connectivity index (χ1n) is 3.62. The van der Waals surface area contributed by atoms with Gasteiger partial charge in [0.25, 0.3) is 0 Å². The van der Waals surface area contributed by atoms with Gasteiger partial charge >= 0.3 is 0 Å². The third-order valence-corrected chi connectivity index (χ3v) is 0.961. The summed E-state index contributed by atoms with van der Waals surface area (Å²) in [4.78, 5) is 0. The van der Waals surface area contributed by atoms with Crippen molar-refractivity contribution in [1.82, 2.24) is 0 Å². The molecule has 0 spiro atoms. The molecule has 0 aliphatic rings. The van der Waals surface area contributed by atoms with Crippen molar-refractivity contribution in [3.8, 4) is 0 Å². The quantitative estimate of drug-likeness (QED) is 0.553. The second-order valence-corrected chi connectivity index (χ2v) is 1.93. The number of unbranched alkanes of at least 4 members (excludes halogenated alkanes) is 1. The van der Waals surface area contributed by atoms with Crippen molar-refractivity contribution in [2.75, 3.05) is 0 Å². The highest BCUT2D eigenvalue weighted by Crippen LogP contribution is 1.78. The monoisotopic (exact) mass is 134 g/mol. The molecule has 1 aromatic rings. The molecule has 0 unspecified atom stereocenters. The van der Waals surface area contributed by atoms with Crippen LogP contribution < -0.4 is 0 Å². The molecule has 0 saturated heterocycles. The Morgan fingerprint density at radius 1 is 1.20 bits per heavy atom. The Balaban J connectivity index is 0.000000180. The standard InChI is InChI=1S/C6H5.C4H9/c1-2-4-6-5-3-1;1-3-4-2/h1-5H;1,3-4H2,2H3. The van der Waals surface area contributed by atoms with E-state index in [-0.39, 0.29) is 0 Å². The Bertz CT molecular complexity index is 92.0. The van der Waals surface area contributed by atoms with Crippen LogP contribution in [0.3, 0.4) is 0 Å². The van der Waals surface area contributed by atoms with Gasteiger partial charge in [0.1, 0.15) is 0 Å². The molecule has 0 nitrogen and oxygen atoms in total. The van der Waals surface area contributed by atoms with Crippen LogP contribution in [0.4, 0.5) is 0 Å². The summed E-state index contributed by atoms with van der Waals surface area (Å²) >= 11 is 0. The maximum atomic E-state index is 3.60. The van der Waals surface area contributed by atoms with Gasteiger partial charge < -0.3 is 0 Å². The van der Waals surface area contributed by atoms with Crippen LogP contribution in [0.2, 0.25) is 0 Å². The van der Waals surface area contributed by atoms with Crippen molar-refractivity contribution in [2.24, 2.45) is 0 Å². The maximum Gasteiger partial charge on any atom is -0.0184 e. The van der Waals surface area contributed by atoms with Crippen LogP contribution in [0.5, 0.6) is 0 Å². The van der Waals surface area contributed by atoms with Crippen molar-refractivity contribution < 1.29 is 0 Å².